The minimum Gasteiger partial charge on any atom is -0.486 e. The van der Waals surface area contributed by atoms with Crippen molar-refractivity contribution in [3.63, 3.8) is 0 Å². The summed E-state index contributed by atoms with van der Waals surface area (Å²) >= 11 is 0. The molecule has 0 spiro atoms. The van der Waals surface area contributed by atoms with Crippen molar-refractivity contribution in [3.8, 4) is 5.75 Å². The lowest BCUT2D eigenvalue weighted by atomic mass is 10.1. The van der Waals surface area contributed by atoms with Crippen LogP contribution < -0.4 is 10.1 Å². The maximum atomic E-state index is 14.0. The monoisotopic (exact) mass is 315 g/mol. The van der Waals surface area contributed by atoms with Gasteiger partial charge in [0, 0.05) is 17.6 Å². The van der Waals surface area contributed by atoms with Crippen LogP contribution in [0, 0.1) is 5.82 Å². The van der Waals surface area contributed by atoms with Gasteiger partial charge in [-0.2, -0.15) is 0 Å². The van der Waals surface area contributed by atoms with E-state index < -0.39 is 21.8 Å². The lowest BCUT2D eigenvalue weighted by molar-refractivity contribution is 0.215. The van der Waals surface area contributed by atoms with Crippen molar-refractivity contribution < 1.29 is 17.5 Å². The number of halogens is 1. The summed E-state index contributed by atoms with van der Waals surface area (Å²) in [6, 6.07) is 4.76. The lowest BCUT2D eigenvalue weighted by Crippen LogP contribution is -2.35. The molecule has 1 aliphatic rings. The van der Waals surface area contributed by atoms with Crippen molar-refractivity contribution in [1.29, 1.82) is 0 Å². The molecule has 1 aliphatic heterocycles. The molecule has 1 aromatic carbocycles. The molecule has 21 heavy (non-hydrogen) atoms. The van der Waals surface area contributed by atoms with Gasteiger partial charge < -0.3 is 10.1 Å². The third-order valence-corrected chi connectivity index (χ3v) is 5.07. The summed E-state index contributed by atoms with van der Waals surface area (Å²) in [6.07, 6.45) is -0.0386. The first-order valence-corrected chi connectivity index (χ1v) is 8.88. The Kier molecular flexibility index (Phi) is 4.58. The Morgan fingerprint density at radius 2 is 2.10 bits per heavy atom. The van der Waals surface area contributed by atoms with Crippen molar-refractivity contribution in [2.45, 2.75) is 45.4 Å². The zero-order chi connectivity index (χ0) is 15.7. The van der Waals surface area contributed by atoms with Gasteiger partial charge in [0.1, 0.15) is 6.10 Å². The highest BCUT2D eigenvalue weighted by Crippen LogP contribution is 2.27. The third kappa shape index (κ3) is 4.68. The number of hydrogen-bond donors (Lipinski definition) is 1. The average Bonchev–Trinajstić information content (AvgIpc) is 2.68. The van der Waals surface area contributed by atoms with Crippen LogP contribution in [0.3, 0.4) is 0 Å². The molecule has 1 unspecified atom stereocenters. The summed E-state index contributed by atoms with van der Waals surface area (Å²) in [7, 11) is -3.04. The molecule has 0 aromatic heterocycles. The molecule has 1 atom stereocenters. The molecule has 1 heterocycles. The molecule has 1 saturated heterocycles. The summed E-state index contributed by atoms with van der Waals surface area (Å²) in [4.78, 5) is 0. The fourth-order valence-corrected chi connectivity index (χ4v) is 3.80. The van der Waals surface area contributed by atoms with Crippen LogP contribution >= 0.6 is 0 Å². The Labute approximate surface area is 125 Å². The van der Waals surface area contributed by atoms with E-state index in [0.717, 1.165) is 0 Å². The molecule has 1 fully saturated rings. The summed E-state index contributed by atoms with van der Waals surface area (Å²) in [5.74, 6) is -0.210. The Morgan fingerprint density at radius 3 is 2.67 bits per heavy atom. The van der Waals surface area contributed by atoms with E-state index >= 15 is 0 Å². The van der Waals surface area contributed by atoms with E-state index in [1.165, 1.54) is 6.07 Å². The number of hydrogen-bond acceptors (Lipinski definition) is 4. The number of nitrogens with one attached hydrogen (secondary N) is 1. The first-order valence-electron chi connectivity index (χ1n) is 7.06. The van der Waals surface area contributed by atoms with Crippen LogP contribution in [0.4, 0.5) is 4.39 Å². The predicted octanol–water partition coefficient (Wildman–Crippen LogP) is 2.28. The molecular formula is C15H22FNO3S. The van der Waals surface area contributed by atoms with E-state index in [0.29, 0.717) is 18.5 Å². The van der Waals surface area contributed by atoms with Crippen molar-refractivity contribution in [3.05, 3.63) is 29.6 Å². The number of sulfone groups is 1. The Bertz CT molecular complexity index is 608. The van der Waals surface area contributed by atoms with E-state index in [2.05, 4.69) is 5.32 Å². The van der Waals surface area contributed by atoms with Gasteiger partial charge in [-0.05, 0) is 33.3 Å². The van der Waals surface area contributed by atoms with Crippen LogP contribution in [-0.4, -0.2) is 31.6 Å². The summed E-state index contributed by atoms with van der Waals surface area (Å²) in [5.41, 5.74) is 0.606. The van der Waals surface area contributed by atoms with Gasteiger partial charge >= 0.3 is 0 Å². The highest BCUT2D eigenvalue weighted by Gasteiger charge is 2.30. The zero-order valence-electron chi connectivity index (χ0n) is 12.6. The highest BCUT2D eigenvalue weighted by atomic mass is 32.2. The average molecular weight is 315 g/mol. The van der Waals surface area contributed by atoms with Crippen LogP contribution in [0.2, 0.25) is 0 Å². The quantitative estimate of drug-likeness (QED) is 0.926. The molecule has 0 radical (unpaired) electrons. The second-order valence-corrected chi connectivity index (χ2v) is 8.70. The van der Waals surface area contributed by atoms with Crippen LogP contribution in [0.5, 0.6) is 5.75 Å². The SMILES string of the molecule is CC(C)(C)NCc1cccc(F)c1OC1CCS(=O)(=O)C1. The van der Waals surface area contributed by atoms with E-state index in [4.69, 9.17) is 4.74 Å². The fraction of sp³-hybridized carbons (Fsp3) is 0.600. The van der Waals surface area contributed by atoms with Crippen molar-refractivity contribution >= 4 is 9.84 Å². The molecule has 118 valence electrons. The lowest BCUT2D eigenvalue weighted by Gasteiger charge is -2.22. The van der Waals surface area contributed by atoms with E-state index in [1.807, 2.05) is 20.8 Å². The van der Waals surface area contributed by atoms with Gasteiger partial charge in [-0.1, -0.05) is 12.1 Å². The molecule has 1 N–H and O–H groups in total. The van der Waals surface area contributed by atoms with Gasteiger partial charge in [0.15, 0.2) is 21.4 Å². The van der Waals surface area contributed by atoms with Crippen molar-refractivity contribution in [2.75, 3.05) is 11.5 Å². The van der Waals surface area contributed by atoms with Crippen LogP contribution in [0.25, 0.3) is 0 Å². The Morgan fingerprint density at radius 1 is 1.38 bits per heavy atom. The van der Waals surface area contributed by atoms with Crippen molar-refractivity contribution in [2.24, 2.45) is 0 Å². The number of para-hydroxylation sites is 1. The second kappa shape index (κ2) is 5.93. The van der Waals surface area contributed by atoms with Crippen LogP contribution in [0.1, 0.15) is 32.8 Å². The van der Waals surface area contributed by atoms with E-state index in [-0.39, 0.29) is 22.8 Å². The minimum absolute atomic E-state index is 0.0343. The van der Waals surface area contributed by atoms with Gasteiger partial charge in [0.05, 0.1) is 11.5 Å². The number of benzene rings is 1. The van der Waals surface area contributed by atoms with E-state index in [1.54, 1.807) is 12.1 Å². The van der Waals surface area contributed by atoms with E-state index in [9.17, 15) is 12.8 Å². The first-order chi connectivity index (χ1) is 9.66. The molecule has 1 aromatic rings. The Hall–Kier alpha value is -1.14. The second-order valence-electron chi connectivity index (χ2n) is 6.47. The van der Waals surface area contributed by atoms with Crippen LogP contribution in [-0.2, 0) is 16.4 Å². The van der Waals surface area contributed by atoms with Gasteiger partial charge in [0.2, 0.25) is 0 Å². The third-order valence-electron chi connectivity index (χ3n) is 3.33. The highest BCUT2D eigenvalue weighted by molar-refractivity contribution is 7.91. The molecule has 2 rings (SSSR count). The molecule has 6 heteroatoms. The van der Waals surface area contributed by atoms with Crippen LogP contribution in [0.15, 0.2) is 18.2 Å². The van der Waals surface area contributed by atoms with Gasteiger partial charge in [-0.15, -0.1) is 0 Å². The smallest absolute Gasteiger partial charge is 0.165 e. The van der Waals surface area contributed by atoms with Crippen molar-refractivity contribution in [1.82, 2.24) is 5.32 Å². The number of ether oxygens (including phenoxy) is 1. The summed E-state index contributed by atoms with van der Waals surface area (Å²) in [5, 5.41) is 3.28. The molecule has 0 aliphatic carbocycles. The molecule has 4 nitrogen and oxygen atoms in total. The fourth-order valence-electron chi connectivity index (χ4n) is 2.21. The largest absolute Gasteiger partial charge is 0.486 e. The Balaban J connectivity index is 2.14. The maximum Gasteiger partial charge on any atom is 0.165 e. The zero-order valence-corrected chi connectivity index (χ0v) is 13.5. The van der Waals surface area contributed by atoms with Gasteiger partial charge in [-0.3, -0.25) is 0 Å². The standard InChI is InChI=1S/C15H22FNO3S/c1-15(2,3)17-9-11-5-4-6-13(16)14(11)20-12-7-8-21(18,19)10-12/h4-6,12,17H,7-10H2,1-3H3. The first kappa shape index (κ1) is 16.2. The molecular weight excluding hydrogens is 293 g/mol. The number of rotatable bonds is 4. The summed E-state index contributed by atoms with van der Waals surface area (Å²) in [6.45, 7) is 6.54. The molecule has 0 amide bonds. The topological polar surface area (TPSA) is 55.4 Å². The van der Waals surface area contributed by atoms with Gasteiger partial charge in [-0.25, -0.2) is 12.8 Å². The predicted molar refractivity (Wildman–Crippen MR) is 80.7 cm³/mol. The minimum atomic E-state index is -3.04. The normalized spacial score (nSPS) is 21.4. The molecule has 0 saturated carbocycles. The van der Waals surface area contributed by atoms with Gasteiger partial charge in [0.25, 0.3) is 0 Å². The maximum absolute atomic E-state index is 14.0. The molecule has 0 bridgehead atoms. The summed E-state index contributed by atoms with van der Waals surface area (Å²) < 4.78 is 42.6.